The van der Waals surface area contributed by atoms with Crippen LogP contribution >= 0.6 is 23.1 Å². The third-order valence-electron chi connectivity index (χ3n) is 3.82. The zero-order valence-corrected chi connectivity index (χ0v) is 16.4. The largest absolute Gasteiger partial charge is 0.497 e. The molecular weight excluding hydrogens is 382 g/mol. The Bertz CT molecular complexity index is 973. The van der Waals surface area contributed by atoms with Gasteiger partial charge in [0.25, 0.3) is 0 Å². The maximum atomic E-state index is 12.1. The van der Waals surface area contributed by atoms with Crippen LogP contribution in [0.4, 0.5) is 5.00 Å². The molecule has 0 saturated carbocycles. The minimum atomic E-state index is -0.182. The van der Waals surface area contributed by atoms with Crippen molar-refractivity contribution in [3.8, 4) is 11.8 Å². The molecule has 7 nitrogen and oxygen atoms in total. The summed E-state index contributed by atoms with van der Waals surface area (Å²) >= 11 is 2.64. The molecule has 2 heterocycles. The highest BCUT2D eigenvalue weighted by Crippen LogP contribution is 2.23. The van der Waals surface area contributed by atoms with Crippen molar-refractivity contribution in [1.29, 1.82) is 5.26 Å². The number of rotatable bonds is 7. The van der Waals surface area contributed by atoms with E-state index in [9.17, 15) is 4.79 Å². The number of nitrogens with one attached hydrogen (secondary N) is 1. The van der Waals surface area contributed by atoms with Gasteiger partial charge in [0, 0.05) is 13.5 Å². The Balaban J connectivity index is 1.58. The highest BCUT2D eigenvalue weighted by molar-refractivity contribution is 7.99. The number of thiophene rings is 1. The van der Waals surface area contributed by atoms with Gasteiger partial charge in [0.15, 0.2) is 5.16 Å². The third kappa shape index (κ3) is 4.67. The molecular formula is C18H17N5O2S2. The van der Waals surface area contributed by atoms with Crippen LogP contribution in [0.15, 0.2) is 40.9 Å². The second kappa shape index (κ2) is 8.70. The van der Waals surface area contributed by atoms with Gasteiger partial charge >= 0.3 is 0 Å². The van der Waals surface area contributed by atoms with Crippen molar-refractivity contribution in [2.45, 2.75) is 11.6 Å². The Morgan fingerprint density at radius 2 is 2.11 bits per heavy atom. The number of hydrogen-bond donors (Lipinski definition) is 1. The van der Waals surface area contributed by atoms with E-state index >= 15 is 0 Å². The zero-order chi connectivity index (χ0) is 19.2. The number of benzene rings is 1. The molecule has 0 spiro atoms. The number of aromatic nitrogens is 3. The van der Waals surface area contributed by atoms with Crippen LogP contribution in [0.2, 0.25) is 0 Å². The van der Waals surface area contributed by atoms with Gasteiger partial charge in [-0.2, -0.15) is 5.26 Å². The smallest absolute Gasteiger partial charge is 0.235 e. The van der Waals surface area contributed by atoms with Crippen LogP contribution in [0.5, 0.6) is 5.75 Å². The van der Waals surface area contributed by atoms with Crippen LogP contribution in [0.1, 0.15) is 17.0 Å². The molecule has 0 atom stereocenters. The van der Waals surface area contributed by atoms with Crippen molar-refractivity contribution in [3.63, 3.8) is 0 Å². The standard InChI is InChI=1S/C18H17N5O2S2/c1-23-15(9-12-3-5-14(25-2)6-4-12)21-22-18(23)27-11-16(24)20-17-13(10-19)7-8-26-17/h3-8H,9,11H2,1-2H3,(H,20,24). The lowest BCUT2D eigenvalue weighted by atomic mass is 10.1. The predicted molar refractivity (Wildman–Crippen MR) is 105 cm³/mol. The average molecular weight is 400 g/mol. The topological polar surface area (TPSA) is 92.8 Å². The molecule has 27 heavy (non-hydrogen) atoms. The number of carbonyl (C=O) groups is 1. The lowest BCUT2D eigenvalue weighted by molar-refractivity contribution is -0.113. The van der Waals surface area contributed by atoms with E-state index in [4.69, 9.17) is 10.00 Å². The summed E-state index contributed by atoms with van der Waals surface area (Å²) in [4.78, 5) is 12.1. The Hall–Kier alpha value is -2.83. The molecule has 0 fully saturated rings. The number of hydrogen-bond acceptors (Lipinski definition) is 7. The summed E-state index contributed by atoms with van der Waals surface area (Å²) in [7, 11) is 3.52. The van der Waals surface area contributed by atoms with Crippen molar-refractivity contribution < 1.29 is 9.53 Å². The van der Waals surface area contributed by atoms with Gasteiger partial charge in [0.1, 0.15) is 22.6 Å². The molecule has 0 aliphatic carbocycles. The van der Waals surface area contributed by atoms with E-state index in [0.29, 0.717) is 22.1 Å². The summed E-state index contributed by atoms with van der Waals surface area (Å²) in [5.41, 5.74) is 1.57. The molecule has 0 aliphatic heterocycles. The van der Waals surface area contributed by atoms with Crippen LogP contribution < -0.4 is 10.1 Å². The van der Waals surface area contributed by atoms with Crippen molar-refractivity contribution in [1.82, 2.24) is 14.8 Å². The quantitative estimate of drug-likeness (QED) is 0.614. The van der Waals surface area contributed by atoms with Gasteiger partial charge in [-0.05, 0) is 29.1 Å². The highest BCUT2D eigenvalue weighted by atomic mass is 32.2. The van der Waals surface area contributed by atoms with Gasteiger partial charge in [-0.3, -0.25) is 4.79 Å². The van der Waals surface area contributed by atoms with Crippen LogP contribution in [0.3, 0.4) is 0 Å². The Morgan fingerprint density at radius 3 is 2.81 bits per heavy atom. The predicted octanol–water partition coefficient (Wildman–Crippen LogP) is 3.08. The molecule has 0 radical (unpaired) electrons. The molecule has 0 bridgehead atoms. The monoisotopic (exact) mass is 399 g/mol. The van der Waals surface area contributed by atoms with E-state index in [1.165, 1.54) is 23.1 Å². The van der Waals surface area contributed by atoms with Crippen LogP contribution in [0, 0.1) is 11.3 Å². The third-order valence-corrected chi connectivity index (χ3v) is 5.67. The van der Waals surface area contributed by atoms with E-state index in [-0.39, 0.29) is 11.7 Å². The van der Waals surface area contributed by atoms with Gasteiger partial charge in [-0.15, -0.1) is 21.5 Å². The van der Waals surface area contributed by atoms with Crippen molar-refractivity contribution in [2.75, 3.05) is 18.2 Å². The second-order valence-corrected chi connectivity index (χ2v) is 7.45. The van der Waals surface area contributed by atoms with E-state index in [1.54, 1.807) is 18.6 Å². The fraction of sp³-hybridized carbons (Fsp3) is 0.222. The Labute approximate surface area is 165 Å². The number of methoxy groups -OCH3 is 1. The van der Waals surface area contributed by atoms with Gasteiger partial charge < -0.3 is 14.6 Å². The summed E-state index contributed by atoms with van der Waals surface area (Å²) < 4.78 is 7.05. The highest BCUT2D eigenvalue weighted by Gasteiger charge is 2.13. The van der Waals surface area contributed by atoms with E-state index in [2.05, 4.69) is 21.6 Å². The van der Waals surface area contributed by atoms with Crippen molar-refractivity contribution in [2.24, 2.45) is 7.05 Å². The minimum Gasteiger partial charge on any atom is -0.497 e. The number of nitrogens with zero attached hydrogens (tertiary/aromatic N) is 4. The molecule has 0 saturated heterocycles. The molecule has 1 N–H and O–H groups in total. The van der Waals surface area contributed by atoms with Crippen LogP contribution in [0.25, 0.3) is 0 Å². The first kappa shape index (κ1) is 18.9. The Kier molecular flexibility index (Phi) is 6.11. The van der Waals surface area contributed by atoms with Crippen LogP contribution in [-0.2, 0) is 18.3 Å². The molecule has 9 heteroatoms. The molecule has 0 aliphatic rings. The second-order valence-electron chi connectivity index (χ2n) is 5.59. The number of anilines is 1. The molecule has 3 rings (SSSR count). The van der Waals surface area contributed by atoms with Gasteiger partial charge in [-0.1, -0.05) is 23.9 Å². The normalized spacial score (nSPS) is 10.4. The van der Waals surface area contributed by atoms with E-state index in [0.717, 1.165) is 17.1 Å². The van der Waals surface area contributed by atoms with Crippen LogP contribution in [-0.4, -0.2) is 33.5 Å². The molecule has 2 aromatic heterocycles. The fourth-order valence-electron chi connectivity index (χ4n) is 2.34. The fourth-order valence-corrected chi connectivity index (χ4v) is 3.82. The molecule has 1 amide bonds. The van der Waals surface area contributed by atoms with Gasteiger partial charge in [0.2, 0.25) is 5.91 Å². The van der Waals surface area contributed by atoms with E-state index < -0.39 is 0 Å². The van der Waals surface area contributed by atoms with E-state index in [1.807, 2.05) is 35.9 Å². The summed E-state index contributed by atoms with van der Waals surface area (Å²) in [5.74, 6) is 1.63. The van der Waals surface area contributed by atoms with Crippen molar-refractivity contribution >= 4 is 34.0 Å². The number of carbonyl (C=O) groups excluding carboxylic acids is 1. The summed E-state index contributed by atoms with van der Waals surface area (Å²) in [6.45, 7) is 0. The number of amides is 1. The zero-order valence-electron chi connectivity index (χ0n) is 14.8. The maximum Gasteiger partial charge on any atom is 0.235 e. The molecule has 0 unspecified atom stereocenters. The Morgan fingerprint density at radius 1 is 1.33 bits per heavy atom. The maximum absolute atomic E-state index is 12.1. The number of ether oxygens (including phenoxy) is 1. The number of nitriles is 1. The first-order chi connectivity index (χ1) is 13.1. The number of thioether (sulfide) groups is 1. The molecule has 3 aromatic rings. The summed E-state index contributed by atoms with van der Waals surface area (Å²) in [6.07, 6.45) is 0.640. The summed E-state index contributed by atoms with van der Waals surface area (Å²) in [5, 5.41) is 23.1. The lowest BCUT2D eigenvalue weighted by Gasteiger charge is -2.05. The first-order valence-electron chi connectivity index (χ1n) is 8.02. The van der Waals surface area contributed by atoms with Gasteiger partial charge in [0.05, 0.1) is 18.4 Å². The average Bonchev–Trinajstić information content (AvgIpc) is 3.27. The minimum absolute atomic E-state index is 0.182. The lowest BCUT2D eigenvalue weighted by Crippen LogP contribution is -2.14. The first-order valence-corrected chi connectivity index (χ1v) is 9.88. The SMILES string of the molecule is COc1ccc(Cc2nnc(SCC(=O)Nc3sccc3C#N)n2C)cc1. The molecule has 1 aromatic carbocycles. The van der Waals surface area contributed by atoms with Crippen molar-refractivity contribution in [3.05, 3.63) is 52.7 Å². The van der Waals surface area contributed by atoms with Gasteiger partial charge in [-0.25, -0.2) is 0 Å². The molecule has 138 valence electrons. The summed E-state index contributed by atoms with van der Waals surface area (Å²) in [6, 6.07) is 11.5.